The van der Waals surface area contributed by atoms with Gasteiger partial charge in [0.05, 0.1) is 5.69 Å². The van der Waals surface area contributed by atoms with Gasteiger partial charge >= 0.3 is 6.18 Å². The van der Waals surface area contributed by atoms with Gasteiger partial charge in [0.25, 0.3) is 0 Å². The molecule has 2 heterocycles. The van der Waals surface area contributed by atoms with Gasteiger partial charge in [-0.2, -0.15) is 13.2 Å². The molecule has 1 unspecified atom stereocenters. The molecule has 2 aromatic carbocycles. The molecule has 0 N–H and O–H groups in total. The second-order valence-electron chi connectivity index (χ2n) is 8.47. The highest BCUT2D eigenvalue weighted by atomic mass is 32.1. The summed E-state index contributed by atoms with van der Waals surface area (Å²) in [6.07, 6.45) is -2.74. The van der Waals surface area contributed by atoms with Crippen molar-refractivity contribution in [1.29, 1.82) is 0 Å². The minimum atomic E-state index is -4.50. The van der Waals surface area contributed by atoms with Crippen molar-refractivity contribution in [2.24, 2.45) is 5.92 Å². The van der Waals surface area contributed by atoms with Gasteiger partial charge < -0.3 is 4.74 Å². The van der Waals surface area contributed by atoms with E-state index in [4.69, 9.17) is 4.74 Å². The molecule has 176 valence electrons. The third-order valence-electron chi connectivity index (χ3n) is 6.19. The van der Waals surface area contributed by atoms with E-state index in [9.17, 15) is 13.2 Å². The first kappa shape index (κ1) is 23.9. The molecule has 4 aromatic rings. The van der Waals surface area contributed by atoms with Crippen LogP contribution >= 0.6 is 11.3 Å². The Morgan fingerprint density at radius 2 is 1.53 bits per heavy atom. The van der Waals surface area contributed by atoms with Crippen molar-refractivity contribution in [1.82, 2.24) is 15.2 Å². The molecule has 0 aliphatic carbocycles. The van der Waals surface area contributed by atoms with Gasteiger partial charge in [-0.05, 0) is 41.3 Å². The number of nitrogens with zero attached hydrogens (tertiary/aromatic N) is 3. The summed E-state index contributed by atoms with van der Waals surface area (Å²) >= 11 is 1.56. The van der Waals surface area contributed by atoms with Gasteiger partial charge in [0, 0.05) is 22.6 Å². The van der Waals surface area contributed by atoms with E-state index in [1.807, 2.05) is 41.8 Å². The van der Waals surface area contributed by atoms with Crippen LogP contribution in [0.15, 0.2) is 72.2 Å². The molecule has 0 spiro atoms. The zero-order valence-electron chi connectivity index (χ0n) is 19.0. The lowest BCUT2D eigenvalue weighted by Crippen LogP contribution is -2.30. The molecule has 0 saturated heterocycles. The number of alkyl halides is 3. The third kappa shape index (κ3) is 4.97. The van der Waals surface area contributed by atoms with Gasteiger partial charge in [0.15, 0.2) is 5.69 Å². The van der Waals surface area contributed by atoms with Gasteiger partial charge in [-0.1, -0.05) is 57.2 Å². The lowest BCUT2D eigenvalue weighted by Gasteiger charge is -2.35. The maximum absolute atomic E-state index is 12.8. The van der Waals surface area contributed by atoms with Crippen molar-refractivity contribution in [3.63, 3.8) is 0 Å². The highest BCUT2D eigenvalue weighted by Crippen LogP contribution is 2.40. The molecule has 0 radical (unpaired) electrons. The largest absolute Gasteiger partial charge is 0.486 e. The Hall–Kier alpha value is -3.26. The maximum Gasteiger partial charge on any atom is 0.435 e. The molecule has 8 heteroatoms. The van der Waals surface area contributed by atoms with E-state index >= 15 is 0 Å². The molecule has 4 rings (SSSR count). The number of aromatic nitrogens is 3. The first-order chi connectivity index (χ1) is 16.2. The van der Waals surface area contributed by atoms with Crippen LogP contribution in [0.5, 0.6) is 5.75 Å². The topological polar surface area (TPSA) is 47.9 Å². The van der Waals surface area contributed by atoms with Crippen LogP contribution < -0.4 is 4.74 Å². The first-order valence-corrected chi connectivity index (χ1v) is 11.7. The fraction of sp³-hybridized carbons (Fsp3) is 0.269. The molecule has 0 amide bonds. The van der Waals surface area contributed by atoms with Crippen LogP contribution in [0.4, 0.5) is 13.2 Å². The minimum Gasteiger partial charge on any atom is -0.486 e. The summed E-state index contributed by atoms with van der Waals surface area (Å²) in [4.78, 5) is 4.23. The van der Waals surface area contributed by atoms with Crippen molar-refractivity contribution in [3.8, 4) is 17.0 Å². The second kappa shape index (κ2) is 9.54. The van der Waals surface area contributed by atoms with E-state index in [2.05, 4.69) is 48.1 Å². The number of halogens is 3. The lowest BCUT2D eigenvalue weighted by atomic mass is 9.68. The second-order valence-corrected chi connectivity index (χ2v) is 9.45. The number of ether oxygens (including phenoxy) is 1. The Morgan fingerprint density at radius 3 is 2.03 bits per heavy atom. The molecular weight excluding hydrogens is 459 g/mol. The van der Waals surface area contributed by atoms with Gasteiger partial charge in [0.2, 0.25) is 0 Å². The number of hydrogen-bond acceptors (Lipinski definition) is 5. The molecule has 2 aromatic heterocycles. The molecular formula is C26H24F3N3OS. The van der Waals surface area contributed by atoms with E-state index < -0.39 is 11.9 Å². The Balaban J connectivity index is 1.55. The van der Waals surface area contributed by atoms with Crippen LogP contribution in [-0.2, 0) is 18.2 Å². The van der Waals surface area contributed by atoms with Crippen molar-refractivity contribution < 1.29 is 17.9 Å². The summed E-state index contributed by atoms with van der Waals surface area (Å²) in [5.74, 6) is 1.06. The summed E-state index contributed by atoms with van der Waals surface area (Å²) < 4.78 is 44.1. The smallest absolute Gasteiger partial charge is 0.435 e. The van der Waals surface area contributed by atoms with Crippen LogP contribution in [0.2, 0.25) is 0 Å². The Labute approximate surface area is 200 Å². The molecule has 1 atom stereocenters. The zero-order valence-corrected chi connectivity index (χ0v) is 19.8. The number of thiazole rings is 1. The number of benzene rings is 2. The van der Waals surface area contributed by atoms with Crippen LogP contribution in [0.1, 0.15) is 42.6 Å². The number of hydrogen-bond donors (Lipinski definition) is 0. The summed E-state index contributed by atoms with van der Waals surface area (Å²) in [6, 6.07) is 18.1. The minimum absolute atomic E-state index is 0.280. The normalized spacial score (nSPS) is 13.6. The summed E-state index contributed by atoms with van der Waals surface area (Å²) in [5, 5.41) is 9.93. The van der Waals surface area contributed by atoms with E-state index in [1.54, 1.807) is 17.5 Å². The highest BCUT2D eigenvalue weighted by molar-refractivity contribution is 7.09. The standard InChI is InChI=1S/C26H24F3N3OS/c1-17(2)25(3,20-8-10-21(11-9-20)33-16-24-30-14-15-34-24)19-6-4-18(5-7-19)22-12-13-23(32-31-22)26(27,28)29/h4-15,17H,16H2,1-3H3. The van der Waals surface area contributed by atoms with E-state index in [1.165, 1.54) is 6.07 Å². The quantitative estimate of drug-likeness (QED) is 0.280. The predicted octanol–water partition coefficient (Wildman–Crippen LogP) is 7.16. The van der Waals surface area contributed by atoms with Gasteiger partial charge in [-0.15, -0.1) is 21.5 Å². The van der Waals surface area contributed by atoms with E-state index in [0.29, 0.717) is 17.9 Å². The third-order valence-corrected chi connectivity index (χ3v) is 6.94. The Bertz CT molecular complexity index is 1210. The Morgan fingerprint density at radius 1 is 0.882 bits per heavy atom. The molecule has 4 nitrogen and oxygen atoms in total. The maximum atomic E-state index is 12.8. The van der Waals surface area contributed by atoms with Crippen LogP contribution in [0.25, 0.3) is 11.3 Å². The highest BCUT2D eigenvalue weighted by Gasteiger charge is 2.34. The molecule has 0 aliphatic rings. The van der Waals surface area contributed by atoms with Crippen molar-refractivity contribution in [3.05, 3.63) is 94.1 Å². The fourth-order valence-electron chi connectivity index (χ4n) is 3.82. The first-order valence-electron chi connectivity index (χ1n) is 10.8. The SMILES string of the molecule is CC(C)C(C)(c1ccc(OCc2nccs2)cc1)c1ccc(-c2ccc(C(F)(F)F)nn2)cc1. The summed E-state index contributed by atoms with van der Waals surface area (Å²) in [6.45, 7) is 6.97. The van der Waals surface area contributed by atoms with Crippen LogP contribution in [0.3, 0.4) is 0 Å². The molecule has 0 bridgehead atoms. The predicted molar refractivity (Wildman–Crippen MR) is 127 cm³/mol. The van der Waals surface area contributed by atoms with Crippen LogP contribution in [-0.4, -0.2) is 15.2 Å². The van der Waals surface area contributed by atoms with Crippen molar-refractivity contribution in [2.75, 3.05) is 0 Å². The monoisotopic (exact) mass is 483 g/mol. The molecule has 0 aliphatic heterocycles. The number of rotatable bonds is 7. The van der Waals surface area contributed by atoms with Crippen molar-refractivity contribution >= 4 is 11.3 Å². The fourth-order valence-corrected chi connectivity index (χ4v) is 4.35. The van der Waals surface area contributed by atoms with Crippen molar-refractivity contribution in [2.45, 2.75) is 39.0 Å². The molecule has 0 saturated carbocycles. The van der Waals surface area contributed by atoms with Gasteiger partial charge in [-0.3, -0.25) is 0 Å². The average Bonchev–Trinajstić information content (AvgIpc) is 3.36. The zero-order chi connectivity index (χ0) is 24.3. The van der Waals surface area contributed by atoms with E-state index in [-0.39, 0.29) is 11.3 Å². The average molecular weight is 484 g/mol. The van der Waals surface area contributed by atoms with Crippen LogP contribution in [0, 0.1) is 5.92 Å². The van der Waals surface area contributed by atoms with E-state index in [0.717, 1.165) is 28.0 Å². The summed E-state index contributed by atoms with van der Waals surface area (Å²) in [7, 11) is 0. The molecule has 34 heavy (non-hydrogen) atoms. The van der Waals surface area contributed by atoms with Gasteiger partial charge in [0.1, 0.15) is 17.4 Å². The summed E-state index contributed by atoms with van der Waals surface area (Å²) in [5.41, 5.74) is 2.07. The lowest BCUT2D eigenvalue weighted by molar-refractivity contribution is -0.141. The van der Waals surface area contributed by atoms with Gasteiger partial charge in [-0.25, -0.2) is 4.98 Å². The molecule has 0 fully saturated rings. The Kier molecular flexibility index (Phi) is 6.70.